The molecule has 2 aromatic carbocycles. The predicted octanol–water partition coefficient (Wildman–Crippen LogP) is 4.49. The molecule has 0 amide bonds. The van der Waals surface area contributed by atoms with Gasteiger partial charge in [0.25, 0.3) is 0 Å². The molecule has 0 aliphatic heterocycles. The number of hydrogen-bond acceptors (Lipinski definition) is 2. The topological polar surface area (TPSA) is 25.2 Å². The second kappa shape index (κ2) is 8.97. The van der Waals surface area contributed by atoms with Crippen molar-refractivity contribution < 1.29 is 21.1 Å². The van der Waals surface area contributed by atoms with Crippen LogP contribution in [0.5, 0.6) is 0 Å². The SMILES string of the molecule is [C-](=Cc1ccccn1)c1ccccc1N=Cc1[c-]cccc1.[Pt+2]. The van der Waals surface area contributed by atoms with Crippen LogP contribution < -0.4 is 0 Å². The average Bonchev–Trinajstić information content (AvgIpc) is 2.61. The van der Waals surface area contributed by atoms with Crippen LogP contribution in [0.1, 0.15) is 16.8 Å². The molecule has 0 unspecified atom stereocenters. The fraction of sp³-hybridized carbons (Fsp3) is 0. The molecular formula is C20H14N2Pt. The van der Waals surface area contributed by atoms with Crippen molar-refractivity contribution in [3.63, 3.8) is 0 Å². The van der Waals surface area contributed by atoms with Gasteiger partial charge in [0.2, 0.25) is 0 Å². The molecule has 23 heavy (non-hydrogen) atoms. The van der Waals surface area contributed by atoms with Gasteiger partial charge in [-0.15, -0.1) is 65.7 Å². The van der Waals surface area contributed by atoms with Crippen LogP contribution in [0.25, 0.3) is 6.08 Å². The molecular weight excluding hydrogens is 463 g/mol. The van der Waals surface area contributed by atoms with Gasteiger partial charge in [-0.05, 0) is 17.4 Å². The van der Waals surface area contributed by atoms with E-state index in [2.05, 4.69) is 22.1 Å². The first-order chi connectivity index (χ1) is 10.9. The van der Waals surface area contributed by atoms with Crippen LogP contribution in [0.15, 0.2) is 77.9 Å². The fourth-order valence-corrected chi connectivity index (χ4v) is 1.95. The van der Waals surface area contributed by atoms with Gasteiger partial charge in [0.15, 0.2) is 0 Å². The summed E-state index contributed by atoms with van der Waals surface area (Å²) in [6.07, 6.45) is 8.69. The van der Waals surface area contributed by atoms with E-state index in [9.17, 15) is 0 Å². The second-order valence-corrected chi connectivity index (χ2v) is 4.64. The van der Waals surface area contributed by atoms with Crippen LogP contribution in [0.3, 0.4) is 0 Å². The molecule has 0 bridgehead atoms. The number of aromatic nitrogens is 1. The minimum atomic E-state index is 0. The molecule has 3 rings (SSSR count). The van der Waals surface area contributed by atoms with Gasteiger partial charge in [0.1, 0.15) is 0 Å². The first-order valence-corrected chi connectivity index (χ1v) is 7.02. The summed E-state index contributed by atoms with van der Waals surface area (Å²) in [5.41, 5.74) is 3.62. The van der Waals surface area contributed by atoms with E-state index in [0.717, 1.165) is 22.5 Å². The van der Waals surface area contributed by atoms with Crippen LogP contribution in [0.4, 0.5) is 5.69 Å². The maximum atomic E-state index is 4.53. The number of aliphatic imine (C=N–C) groups is 1. The van der Waals surface area contributed by atoms with Crippen molar-refractivity contribution in [3.05, 3.63) is 102 Å². The number of pyridine rings is 1. The van der Waals surface area contributed by atoms with Crippen molar-refractivity contribution in [1.82, 2.24) is 4.98 Å². The summed E-state index contributed by atoms with van der Waals surface area (Å²) in [5.74, 6) is 0. The zero-order valence-electron chi connectivity index (χ0n) is 12.3. The molecule has 0 saturated heterocycles. The summed E-state index contributed by atoms with van der Waals surface area (Å²) in [6.45, 7) is 0. The first kappa shape index (κ1) is 17.0. The third-order valence-electron chi connectivity index (χ3n) is 3.04. The third kappa shape index (κ3) is 5.12. The van der Waals surface area contributed by atoms with E-state index in [1.54, 1.807) is 12.4 Å². The third-order valence-corrected chi connectivity index (χ3v) is 3.04. The summed E-state index contributed by atoms with van der Waals surface area (Å²) in [4.78, 5) is 8.79. The largest absolute Gasteiger partial charge is 2.00 e. The van der Waals surface area contributed by atoms with Crippen molar-refractivity contribution in [2.75, 3.05) is 0 Å². The zero-order chi connectivity index (χ0) is 15.0. The molecule has 114 valence electrons. The number of benzene rings is 2. The Kier molecular flexibility index (Phi) is 6.65. The maximum Gasteiger partial charge on any atom is 2.00 e. The molecule has 0 spiro atoms. The van der Waals surface area contributed by atoms with Gasteiger partial charge in [-0.3, -0.25) is 0 Å². The van der Waals surface area contributed by atoms with Crippen LogP contribution in [-0.2, 0) is 21.1 Å². The molecule has 0 atom stereocenters. The van der Waals surface area contributed by atoms with Crippen LogP contribution >= 0.6 is 0 Å². The smallest absolute Gasteiger partial charge is 0.353 e. The van der Waals surface area contributed by atoms with Gasteiger partial charge >= 0.3 is 21.1 Å². The monoisotopic (exact) mass is 477 g/mol. The molecule has 2 nitrogen and oxygen atoms in total. The average molecular weight is 477 g/mol. The van der Waals surface area contributed by atoms with E-state index in [-0.39, 0.29) is 21.1 Å². The van der Waals surface area contributed by atoms with E-state index < -0.39 is 0 Å². The Bertz CT molecular complexity index is 713. The van der Waals surface area contributed by atoms with E-state index in [1.807, 2.05) is 72.8 Å². The molecule has 1 aromatic heterocycles. The number of hydrogen-bond donors (Lipinski definition) is 0. The molecule has 3 heteroatoms. The Morgan fingerprint density at radius 2 is 1.78 bits per heavy atom. The van der Waals surface area contributed by atoms with Gasteiger partial charge < -0.3 is 9.98 Å². The molecule has 0 N–H and O–H groups in total. The Hall–Kier alpha value is -2.31. The number of para-hydroxylation sites is 1. The van der Waals surface area contributed by atoms with Crippen molar-refractivity contribution in [3.8, 4) is 0 Å². The van der Waals surface area contributed by atoms with Crippen molar-refractivity contribution in [1.29, 1.82) is 0 Å². The van der Waals surface area contributed by atoms with Crippen molar-refractivity contribution in [2.24, 2.45) is 4.99 Å². The van der Waals surface area contributed by atoms with E-state index in [0.29, 0.717) is 0 Å². The summed E-state index contributed by atoms with van der Waals surface area (Å²) >= 11 is 0. The molecule has 0 aliphatic carbocycles. The molecule has 3 aromatic rings. The summed E-state index contributed by atoms with van der Waals surface area (Å²) in [6, 6.07) is 24.6. The van der Waals surface area contributed by atoms with E-state index in [4.69, 9.17) is 0 Å². The maximum absolute atomic E-state index is 4.53. The number of rotatable bonds is 4. The predicted molar refractivity (Wildman–Crippen MR) is 90.0 cm³/mol. The summed E-state index contributed by atoms with van der Waals surface area (Å²) < 4.78 is 0. The molecule has 0 radical (unpaired) electrons. The van der Waals surface area contributed by atoms with Gasteiger partial charge in [-0.2, -0.15) is 0 Å². The van der Waals surface area contributed by atoms with Gasteiger partial charge in [-0.1, -0.05) is 30.5 Å². The zero-order valence-corrected chi connectivity index (χ0v) is 14.6. The van der Waals surface area contributed by atoms with E-state index >= 15 is 0 Å². The quantitative estimate of drug-likeness (QED) is 0.402. The second-order valence-electron chi connectivity index (χ2n) is 4.64. The van der Waals surface area contributed by atoms with E-state index in [1.165, 1.54) is 0 Å². The Labute approximate surface area is 150 Å². The van der Waals surface area contributed by atoms with Crippen LogP contribution in [0.2, 0.25) is 0 Å². The minimum absolute atomic E-state index is 0. The Morgan fingerprint density at radius 3 is 2.57 bits per heavy atom. The Morgan fingerprint density at radius 1 is 0.957 bits per heavy atom. The fourth-order valence-electron chi connectivity index (χ4n) is 1.95. The number of nitrogens with zero attached hydrogens (tertiary/aromatic N) is 2. The van der Waals surface area contributed by atoms with Crippen LogP contribution in [-0.4, -0.2) is 11.2 Å². The summed E-state index contributed by atoms with van der Waals surface area (Å²) in [7, 11) is 0. The summed E-state index contributed by atoms with van der Waals surface area (Å²) in [5, 5.41) is 0. The Balaban J connectivity index is 0.00000192. The molecule has 0 aliphatic rings. The van der Waals surface area contributed by atoms with Gasteiger partial charge in [0.05, 0.1) is 0 Å². The first-order valence-electron chi connectivity index (χ1n) is 7.02. The standard InChI is InChI=1S/C20H14N2.Pt/c1-2-8-17(9-3-1)16-22-20-12-5-4-10-18(20)13-14-19-11-6-7-15-21-19;/h1-8,10-12,14-16H;/q-2;+2. The minimum Gasteiger partial charge on any atom is -0.353 e. The van der Waals surface area contributed by atoms with Crippen LogP contribution in [0, 0.1) is 12.1 Å². The van der Waals surface area contributed by atoms with Gasteiger partial charge in [-0.25, -0.2) is 0 Å². The van der Waals surface area contributed by atoms with Crippen molar-refractivity contribution in [2.45, 2.75) is 0 Å². The normalized spacial score (nSPS) is 10.8. The molecule has 1 heterocycles. The molecule has 0 saturated carbocycles. The van der Waals surface area contributed by atoms with Crippen molar-refractivity contribution >= 4 is 18.0 Å². The molecule has 0 fully saturated rings. The van der Waals surface area contributed by atoms with Gasteiger partial charge in [0, 0.05) is 6.20 Å².